The second-order valence-electron chi connectivity index (χ2n) is 3.94. The molecule has 0 unspecified atom stereocenters. The highest BCUT2D eigenvalue weighted by atomic mass is 32.2. The van der Waals surface area contributed by atoms with E-state index in [-0.39, 0.29) is 5.94 Å². The second kappa shape index (κ2) is 4.03. The van der Waals surface area contributed by atoms with E-state index in [0.717, 1.165) is 0 Å². The molecule has 4 nitrogen and oxygen atoms in total. The van der Waals surface area contributed by atoms with Gasteiger partial charge in [0.2, 0.25) is 5.94 Å². The predicted octanol–water partition coefficient (Wildman–Crippen LogP) is 2.50. The zero-order chi connectivity index (χ0) is 12.6. The summed E-state index contributed by atoms with van der Waals surface area (Å²) in [7, 11) is -3.48. The van der Waals surface area contributed by atoms with Gasteiger partial charge in [-0.15, -0.1) is 0 Å². The van der Waals surface area contributed by atoms with E-state index in [4.69, 9.17) is 4.74 Å². The van der Waals surface area contributed by atoms with Crippen molar-refractivity contribution in [1.29, 1.82) is 0 Å². The fourth-order valence-electron chi connectivity index (χ4n) is 1.95. The van der Waals surface area contributed by atoms with Gasteiger partial charge in [-0.05, 0) is 24.3 Å². The molecule has 2 aromatic rings. The average molecular weight is 261 g/mol. The molecule has 0 amide bonds. The quantitative estimate of drug-likeness (QED) is 0.792. The Kier molecular flexibility index (Phi) is 2.48. The minimum absolute atomic E-state index is 0.334. The number of rotatable bonds is 1. The Morgan fingerprint density at radius 2 is 1.61 bits per heavy atom. The Morgan fingerprint density at radius 3 is 2.39 bits per heavy atom. The molecule has 0 saturated carbocycles. The molecule has 0 N–H and O–H groups in total. The molecule has 0 spiro atoms. The number of hydrogen-bond donors (Lipinski definition) is 0. The molecule has 0 fully saturated rings. The smallest absolute Gasteiger partial charge is 0.275 e. The van der Waals surface area contributed by atoms with Gasteiger partial charge < -0.3 is 4.74 Å². The molecule has 0 bridgehead atoms. The lowest BCUT2D eigenvalue weighted by Crippen LogP contribution is -2.34. The average Bonchev–Trinajstić information content (AvgIpc) is 2.39. The van der Waals surface area contributed by atoms with Crippen LogP contribution in [0.1, 0.15) is 0 Å². The third-order valence-corrected chi connectivity index (χ3v) is 4.10. The first-order valence-corrected chi connectivity index (χ1v) is 7.09. The first-order valence-electron chi connectivity index (χ1n) is 5.48. The van der Waals surface area contributed by atoms with E-state index in [9.17, 15) is 8.42 Å². The molecule has 0 aromatic heterocycles. The van der Waals surface area contributed by atoms with Gasteiger partial charge in [-0.3, -0.25) is 0 Å². The number of anilines is 2. The molecule has 5 heteroatoms. The van der Waals surface area contributed by atoms with E-state index in [1.165, 1.54) is 4.31 Å². The second-order valence-corrected chi connectivity index (χ2v) is 5.71. The molecule has 3 rings (SSSR count). The molecule has 0 radical (unpaired) electrons. The number of ether oxygens (including phenoxy) is 1. The van der Waals surface area contributed by atoms with E-state index in [1.807, 2.05) is 24.3 Å². The van der Waals surface area contributed by atoms with Crippen molar-refractivity contribution >= 4 is 21.4 Å². The summed E-state index contributed by atoms with van der Waals surface area (Å²) in [4.78, 5) is 0. The Bertz CT molecular complexity index is 668. The van der Waals surface area contributed by atoms with Gasteiger partial charge in [0.05, 0.1) is 11.4 Å². The molecular weight excluding hydrogens is 250 g/mol. The maximum atomic E-state index is 12.1. The summed E-state index contributed by atoms with van der Waals surface area (Å²) >= 11 is 0. The van der Waals surface area contributed by atoms with Gasteiger partial charge in [-0.1, -0.05) is 30.3 Å². The highest BCUT2D eigenvalue weighted by Crippen LogP contribution is 2.39. The van der Waals surface area contributed by atoms with Crippen molar-refractivity contribution in [3.63, 3.8) is 0 Å². The van der Waals surface area contributed by atoms with Crippen molar-refractivity contribution in [1.82, 2.24) is 0 Å². The monoisotopic (exact) mass is 261 g/mol. The van der Waals surface area contributed by atoms with E-state index in [1.54, 1.807) is 30.3 Å². The largest absolute Gasteiger partial charge is 0.474 e. The first kappa shape index (κ1) is 11.1. The van der Waals surface area contributed by atoms with Gasteiger partial charge in [-0.25, -0.2) is 12.7 Å². The summed E-state index contributed by atoms with van der Waals surface area (Å²) in [6, 6.07) is 16.1. The van der Waals surface area contributed by atoms with Gasteiger partial charge in [0.15, 0.2) is 0 Å². The summed E-state index contributed by atoms with van der Waals surface area (Å²) < 4.78 is 30.9. The van der Waals surface area contributed by atoms with Crippen LogP contribution in [0.5, 0.6) is 5.75 Å². The first-order chi connectivity index (χ1) is 8.68. The Morgan fingerprint density at radius 1 is 0.944 bits per heavy atom. The number of benzene rings is 2. The highest BCUT2D eigenvalue weighted by molar-refractivity contribution is 7.93. The van der Waals surface area contributed by atoms with Gasteiger partial charge in [-0.2, -0.15) is 0 Å². The van der Waals surface area contributed by atoms with Crippen molar-refractivity contribution in [2.75, 3.05) is 10.2 Å². The zero-order valence-corrected chi connectivity index (χ0v) is 10.3. The van der Waals surface area contributed by atoms with Crippen LogP contribution in [0.4, 0.5) is 11.4 Å². The minimum Gasteiger partial charge on any atom is -0.474 e. The lowest BCUT2D eigenvalue weighted by Gasteiger charge is -2.30. The lowest BCUT2D eigenvalue weighted by atomic mass is 10.2. The molecule has 1 aliphatic heterocycles. The third kappa shape index (κ3) is 1.73. The molecule has 92 valence electrons. The van der Waals surface area contributed by atoms with E-state index < -0.39 is 10.0 Å². The molecule has 1 heterocycles. The van der Waals surface area contributed by atoms with Crippen LogP contribution in [0, 0.1) is 0 Å². The summed E-state index contributed by atoms with van der Waals surface area (Å²) in [6.45, 7) is 0. The maximum Gasteiger partial charge on any atom is 0.275 e. The van der Waals surface area contributed by atoms with Crippen LogP contribution < -0.4 is 9.04 Å². The van der Waals surface area contributed by atoms with Crippen molar-refractivity contribution in [3.8, 4) is 5.75 Å². The summed E-state index contributed by atoms with van der Waals surface area (Å²) in [5.41, 5.74) is 1.17. The summed E-state index contributed by atoms with van der Waals surface area (Å²) in [5.74, 6) is 0.245. The molecule has 1 aliphatic rings. The number of para-hydroxylation sites is 3. The summed E-state index contributed by atoms with van der Waals surface area (Å²) in [6.07, 6.45) is 0. The van der Waals surface area contributed by atoms with Crippen molar-refractivity contribution in [3.05, 3.63) is 54.6 Å². The normalized spacial score (nSPS) is 16.8. The van der Waals surface area contributed by atoms with E-state index >= 15 is 0 Å². The standard InChI is InChI=1S/C13H11NO3S/c15-18(16)10-17-13-9-5-4-8-12(13)14(18)11-6-2-1-3-7-11/h1-9H,10H2. The fraction of sp³-hybridized carbons (Fsp3) is 0.0769. The predicted molar refractivity (Wildman–Crippen MR) is 69.4 cm³/mol. The zero-order valence-electron chi connectivity index (χ0n) is 9.48. The number of fused-ring (bicyclic) bond motifs is 1. The lowest BCUT2D eigenvalue weighted by molar-refractivity contribution is 0.371. The van der Waals surface area contributed by atoms with Gasteiger partial charge >= 0.3 is 0 Å². The molecule has 2 aromatic carbocycles. The Balaban J connectivity index is 2.22. The Labute approximate surface area is 105 Å². The maximum absolute atomic E-state index is 12.1. The van der Waals surface area contributed by atoms with Crippen LogP contribution in [-0.4, -0.2) is 14.4 Å². The van der Waals surface area contributed by atoms with Crippen LogP contribution in [-0.2, 0) is 10.0 Å². The minimum atomic E-state index is -3.48. The number of nitrogens with zero attached hydrogens (tertiary/aromatic N) is 1. The molecular formula is C13H11NO3S. The van der Waals surface area contributed by atoms with Gasteiger partial charge in [0, 0.05) is 0 Å². The number of hydrogen-bond acceptors (Lipinski definition) is 3. The van der Waals surface area contributed by atoms with Crippen LogP contribution in [0.25, 0.3) is 0 Å². The molecule has 0 saturated heterocycles. The SMILES string of the molecule is O=S1(=O)COc2ccccc2N1c1ccccc1. The topological polar surface area (TPSA) is 46.6 Å². The third-order valence-electron chi connectivity index (χ3n) is 2.72. The molecule has 18 heavy (non-hydrogen) atoms. The molecule has 0 atom stereocenters. The van der Waals surface area contributed by atoms with Crippen LogP contribution in [0.3, 0.4) is 0 Å². The molecule has 0 aliphatic carbocycles. The number of sulfonamides is 1. The van der Waals surface area contributed by atoms with Crippen molar-refractivity contribution in [2.24, 2.45) is 0 Å². The van der Waals surface area contributed by atoms with Crippen LogP contribution in [0.2, 0.25) is 0 Å². The van der Waals surface area contributed by atoms with Crippen LogP contribution in [0.15, 0.2) is 54.6 Å². The van der Waals surface area contributed by atoms with Gasteiger partial charge in [0.1, 0.15) is 5.75 Å². The van der Waals surface area contributed by atoms with Crippen LogP contribution >= 0.6 is 0 Å². The highest BCUT2D eigenvalue weighted by Gasteiger charge is 2.31. The van der Waals surface area contributed by atoms with E-state index in [2.05, 4.69) is 0 Å². The van der Waals surface area contributed by atoms with E-state index in [0.29, 0.717) is 17.1 Å². The van der Waals surface area contributed by atoms with Gasteiger partial charge in [0.25, 0.3) is 10.0 Å². The van der Waals surface area contributed by atoms with Crippen molar-refractivity contribution < 1.29 is 13.2 Å². The van der Waals surface area contributed by atoms with Crippen molar-refractivity contribution in [2.45, 2.75) is 0 Å². The Hall–Kier alpha value is -2.01. The fourth-order valence-corrected chi connectivity index (χ4v) is 3.23. The summed E-state index contributed by atoms with van der Waals surface area (Å²) in [5, 5.41) is 0.